The van der Waals surface area contributed by atoms with Crippen molar-refractivity contribution in [2.24, 2.45) is 35.1 Å². The van der Waals surface area contributed by atoms with E-state index in [9.17, 15) is 48.6 Å². The number of amides is 6. The van der Waals surface area contributed by atoms with Crippen LogP contribution >= 0.6 is 0 Å². The Hall–Kier alpha value is -5.88. The molecule has 0 unspecified atom stereocenters. The van der Waals surface area contributed by atoms with Crippen LogP contribution in [-0.4, -0.2) is 107 Å². The van der Waals surface area contributed by atoms with Crippen LogP contribution in [0.5, 0.6) is 0 Å². The summed E-state index contributed by atoms with van der Waals surface area (Å²) in [7, 11) is 0. The van der Waals surface area contributed by atoms with Crippen molar-refractivity contribution in [1.29, 1.82) is 0 Å². The van der Waals surface area contributed by atoms with Crippen LogP contribution in [0.25, 0.3) is 11.1 Å². The van der Waals surface area contributed by atoms with E-state index in [2.05, 4.69) is 31.9 Å². The minimum atomic E-state index is -1.21. The van der Waals surface area contributed by atoms with E-state index in [1.807, 2.05) is 76.2 Å². The van der Waals surface area contributed by atoms with E-state index < -0.39 is 77.7 Å². The predicted molar refractivity (Wildman–Crippen MR) is 256 cm³/mol. The van der Waals surface area contributed by atoms with Crippen molar-refractivity contribution >= 4 is 47.4 Å². The summed E-state index contributed by atoms with van der Waals surface area (Å²) in [5.74, 6) is -6.15. The topological polar surface area (TPSA) is 301 Å². The third-order valence-electron chi connectivity index (χ3n) is 11.1. The molecular weight excluding hydrogens is 861 g/mol. The molecule has 0 bridgehead atoms. The summed E-state index contributed by atoms with van der Waals surface area (Å²) in [5.41, 5.74) is 15.2. The van der Waals surface area contributed by atoms with Crippen molar-refractivity contribution in [2.45, 2.75) is 149 Å². The number of carbonyl (C=O) groups is 8. The largest absolute Gasteiger partial charge is 0.481 e. The molecule has 0 heterocycles. The van der Waals surface area contributed by atoms with Gasteiger partial charge in [-0.25, -0.2) is 4.79 Å². The Kier molecular flexibility index (Phi) is 24.8. The SMILES string of the molecule is CC(C)C[C@H](NC(=O)[C@H](CCCN)NC(=O)[C@@H](NC(=O)CCc1ccccc1-c1cccc(CCNC(=O)[C@H](CC(C)C)NC(=O)[C@H](CCC(=O)O)NC(=O)[C@@H](N)C(C)C)c1)C(C)C)C(=O)O. The minimum absolute atomic E-state index is 0.00180. The van der Waals surface area contributed by atoms with Crippen molar-refractivity contribution in [2.75, 3.05) is 13.1 Å². The maximum Gasteiger partial charge on any atom is 0.326 e. The maximum absolute atomic E-state index is 13.6. The molecule has 18 heteroatoms. The Morgan fingerprint density at radius 2 is 1.18 bits per heavy atom. The molecule has 0 spiro atoms. The van der Waals surface area contributed by atoms with Gasteiger partial charge in [0.05, 0.1) is 6.04 Å². The molecule has 6 atom stereocenters. The Morgan fingerprint density at radius 3 is 1.76 bits per heavy atom. The number of nitrogens with one attached hydrogen (secondary N) is 6. The molecule has 12 N–H and O–H groups in total. The zero-order valence-electron chi connectivity index (χ0n) is 40.5. The first-order valence-corrected chi connectivity index (χ1v) is 23.4. The third kappa shape index (κ3) is 20.7. The van der Waals surface area contributed by atoms with Gasteiger partial charge in [0.2, 0.25) is 35.4 Å². The van der Waals surface area contributed by atoms with Gasteiger partial charge in [0.1, 0.15) is 30.2 Å². The maximum atomic E-state index is 13.6. The second-order valence-corrected chi connectivity index (χ2v) is 18.7. The standard InChI is InChI=1S/C49H76N8O10/c1-28(2)25-38(55-46(63)37(19-21-41(59)60)53-47(64)42(51)30(5)6)44(61)52-24-22-32-13-11-15-34(27-32)35-16-10-9-14-33(35)18-20-40(58)57-43(31(7)8)48(65)54-36(17-12-23-50)45(62)56-39(49(66)67)26-29(3)4/h9-11,13-16,27-31,36-39,42-43H,12,17-26,50-51H2,1-8H3,(H,52,61)(H,53,64)(H,54,65)(H,55,63)(H,56,62)(H,57,58)(H,59,60)(H,66,67)/t36-,37-,38-,39-,42-,43-/m0/s1. The van der Waals surface area contributed by atoms with Crippen molar-refractivity contribution < 1.29 is 48.6 Å². The monoisotopic (exact) mass is 937 g/mol. The molecule has 0 fully saturated rings. The van der Waals surface area contributed by atoms with Gasteiger partial charge in [-0.05, 0) is 97.4 Å². The van der Waals surface area contributed by atoms with Crippen molar-refractivity contribution in [3.63, 3.8) is 0 Å². The molecule has 0 radical (unpaired) electrons. The molecule has 2 rings (SSSR count). The van der Waals surface area contributed by atoms with Crippen LogP contribution in [0.15, 0.2) is 48.5 Å². The van der Waals surface area contributed by atoms with Gasteiger partial charge in [-0.2, -0.15) is 0 Å². The second-order valence-electron chi connectivity index (χ2n) is 18.7. The highest BCUT2D eigenvalue weighted by Crippen LogP contribution is 2.26. The summed E-state index contributed by atoms with van der Waals surface area (Å²) in [6.07, 6.45) is 1.37. The predicted octanol–water partition coefficient (Wildman–Crippen LogP) is 2.79. The lowest BCUT2D eigenvalue weighted by atomic mass is 9.94. The molecule has 2 aromatic carbocycles. The van der Waals surface area contributed by atoms with Crippen LogP contribution in [0.4, 0.5) is 0 Å². The van der Waals surface area contributed by atoms with Crippen molar-refractivity contribution in [3.05, 3.63) is 59.7 Å². The number of aliphatic carboxylic acids is 2. The minimum Gasteiger partial charge on any atom is -0.481 e. The fourth-order valence-electron chi connectivity index (χ4n) is 7.30. The fourth-order valence-corrected chi connectivity index (χ4v) is 7.30. The van der Waals surface area contributed by atoms with Gasteiger partial charge in [0, 0.05) is 19.4 Å². The molecule has 67 heavy (non-hydrogen) atoms. The number of hydrogen-bond donors (Lipinski definition) is 10. The van der Waals surface area contributed by atoms with Crippen LogP contribution in [0.2, 0.25) is 0 Å². The molecule has 372 valence electrons. The molecule has 0 aromatic heterocycles. The van der Waals surface area contributed by atoms with Crippen LogP contribution in [0.3, 0.4) is 0 Å². The number of rotatable bonds is 30. The zero-order valence-corrected chi connectivity index (χ0v) is 40.5. The summed E-state index contributed by atoms with van der Waals surface area (Å²) >= 11 is 0. The number of hydrogen-bond acceptors (Lipinski definition) is 10. The van der Waals surface area contributed by atoms with Gasteiger partial charge in [0.25, 0.3) is 0 Å². The molecule has 0 saturated carbocycles. The molecule has 6 amide bonds. The number of carboxylic acid groups (broad SMARTS) is 2. The lowest BCUT2D eigenvalue weighted by Gasteiger charge is -2.26. The quantitative estimate of drug-likeness (QED) is 0.0541. The van der Waals surface area contributed by atoms with Gasteiger partial charge in [-0.1, -0.05) is 104 Å². The van der Waals surface area contributed by atoms with Gasteiger partial charge in [0.15, 0.2) is 0 Å². The van der Waals surface area contributed by atoms with Crippen LogP contribution < -0.4 is 43.4 Å². The van der Waals surface area contributed by atoms with E-state index in [0.29, 0.717) is 25.7 Å². The molecule has 0 aliphatic heterocycles. The molecule has 2 aromatic rings. The normalized spacial score (nSPS) is 14.1. The lowest BCUT2D eigenvalue weighted by molar-refractivity contribution is -0.143. The Bertz CT molecular complexity index is 1970. The average Bonchev–Trinajstić information content (AvgIpc) is 3.26. The van der Waals surface area contributed by atoms with E-state index in [1.165, 1.54) is 0 Å². The Labute approximate surface area is 395 Å². The highest BCUT2D eigenvalue weighted by Gasteiger charge is 2.32. The van der Waals surface area contributed by atoms with E-state index in [4.69, 9.17) is 11.5 Å². The van der Waals surface area contributed by atoms with Crippen LogP contribution in [0.1, 0.15) is 111 Å². The summed E-state index contributed by atoms with van der Waals surface area (Å²) in [6.45, 7) is 15.0. The van der Waals surface area contributed by atoms with Crippen LogP contribution in [0, 0.1) is 23.7 Å². The highest BCUT2D eigenvalue weighted by atomic mass is 16.4. The van der Waals surface area contributed by atoms with Crippen molar-refractivity contribution in [1.82, 2.24) is 31.9 Å². The van der Waals surface area contributed by atoms with Gasteiger partial charge in [-0.15, -0.1) is 0 Å². The highest BCUT2D eigenvalue weighted by molar-refractivity contribution is 5.94. The summed E-state index contributed by atoms with van der Waals surface area (Å²) < 4.78 is 0. The lowest BCUT2D eigenvalue weighted by Crippen LogP contribution is -2.57. The summed E-state index contributed by atoms with van der Waals surface area (Å²) in [5, 5.41) is 35.2. The van der Waals surface area contributed by atoms with Gasteiger partial charge in [-0.3, -0.25) is 33.6 Å². The van der Waals surface area contributed by atoms with E-state index in [1.54, 1.807) is 27.7 Å². The Morgan fingerprint density at radius 1 is 0.597 bits per heavy atom. The van der Waals surface area contributed by atoms with E-state index in [0.717, 1.165) is 22.3 Å². The third-order valence-corrected chi connectivity index (χ3v) is 11.1. The summed E-state index contributed by atoms with van der Waals surface area (Å²) in [4.78, 5) is 103. The van der Waals surface area contributed by atoms with Gasteiger partial charge < -0.3 is 53.6 Å². The molecule has 0 saturated heterocycles. The molecular formula is C49H76N8O10. The number of nitrogens with two attached hydrogens (primary N) is 2. The molecule has 0 aliphatic carbocycles. The zero-order chi connectivity index (χ0) is 50.4. The second kappa shape index (κ2) is 29.0. The number of carboxylic acids is 2. The van der Waals surface area contributed by atoms with E-state index >= 15 is 0 Å². The van der Waals surface area contributed by atoms with E-state index in [-0.39, 0.29) is 74.8 Å². The number of carbonyl (C=O) groups excluding carboxylic acids is 6. The first-order valence-electron chi connectivity index (χ1n) is 23.4. The average molecular weight is 937 g/mol. The first-order chi connectivity index (χ1) is 31.5. The van der Waals surface area contributed by atoms with Gasteiger partial charge >= 0.3 is 11.9 Å². The molecule has 18 nitrogen and oxygen atoms in total. The first kappa shape index (κ1) is 57.2. The fraction of sp³-hybridized carbons (Fsp3) is 0.592. The Balaban J connectivity index is 2.13. The molecule has 0 aliphatic rings. The van der Waals surface area contributed by atoms with Crippen LogP contribution in [-0.2, 0) is 51.2 Å². The summed E-state index contributed by atoms with van der Waals surface area (Å²) in [6, 6.07) is 9.18. The van der Waals surface area contributed by atoms with Crippen molar-refractivity contribution in [3.8, 4) is 11.1 Å². The smallest absolute Gasteiger partial charge is 0.326 e. The number of benzene rings is 2. The number of aryl methyl sites for hydroxylation is 1.